The Labute approximate surface area is 381 Å². The molecule has 0 saturated carbocycles. The Hall–Kier alpha value is -9.00. The molecule has 8 aromatic carbocycles. The third kappa shape index (κ3) is 7.32. The van der Waals surface area contributed by atoms with Crippen molar-refractivity contribution in [2.75, 3.05) is 0 Å². The fraction of sp³-hybridized carbons (Fsp3) is 0. The van der Waals surface area contributed by atoms with Gasteiger partial charge in [-0.15, -0.1) is 0 Å². The Kier molecular flexibility index (Phi) is 9.73. The van der Waals surface area contributed by atoms with Crippen LogP contribution in [0.3, 0.4) is 0 Å². The Morgan fingerprint density at radius 2 is 0.788 bits per heavy atom. The smallest absolute Gasteiger partial charge is 0.164 e. The number of hydrogen-bond donors (Lipinski definition) is 0. The minimum atomic E-state index is 0.601. The van der Waals surface area contributed by atoms with Crippen LogP contribution in [0.15, 0.2) is 231 Å². The SMILES string of the molecule is c1ccc(-c2cc(-c3ccccc3)c3ccc4ccc(-c5ccc(-c6cccc(-c7nc(-c8ccccc8)nc(-c8cccc(-c9ccnc%10ccccc9%10)c8)n7)c6)cc5)nc4c3n2)cc1. The summed E-state index contributed by atoms with van der Waals surface area (Å²) < 4.78 is 0. The summed E-state index contributed by atoms with van der Waals surface area (Å²) in [6, 6.07) is 77.5. The molecule has 6 nitrogen and oxygen atoms in total. The van der Waals surface area contributed by atoms with Crippen LogP contribution in [0.4, 0.5) is 0 Å². The Morgan fingerprint density at radius 1 is 0.258 bits per heavy atom. The summed E-state index contributed by atoms with van der Waals surface area (Å²) in [5.74, 6) is 1.82. The summed E-state index contributed by atoms with van der Waals surface area (Å²) in [5, 5.41) is 3.21. The summed E-state index contributed by atoms with van der Waals surface area (Å²) in [4.78, 5) is 30.4. The molecule has 0 aliphatic heterocycles. The van der Waals surface area contributed by atoms with Gasteiger partial charge in [0.2, 0.25) is 0 Å². The van der Waals surface area contributed by atoms with E-state index in [1.165, 1.54) is 0 Å². The van der Waals surface area contributed by atoms with Gasteiger partial charge in [-0.3, -0.25) is 4.98 Å². The molecule has 0 unspecified atom stereocenters. The second kappa shape index (κ2) is 16.6. The fourth-order valence-corrected chi connectivity index (χ4v) is 8.84. The van der Waals surface area contributed by atoms with E-state index in [0.29, 0.717) is 17.5 Å². The van der Waals surface area contributed by atoms with Crippen LogP contribution in [-0.2, 0) is 0 Å². The van der Waals surface area contributed by atoms with Crippen molar-refractivity contribution in [3.8, 4) is 90.1 Å². The largest absolute Gasteiger partial charge is 0.256 e. The monoisotopic (exact) mass is 842 g/mol. The standard InChI is InChI=1S/C60H38N6/c1-4-14-40(15-5-1)52-38-55(41-16-6-2-7-17-41)63-57-51(52)32-30-43-31-33-53(62-56(43)57)42-28-26-39(27-29-42)45-20-12-22-47(36-45)59-64-58(44-18-8-3-9-19-44)65-60(66-59)48-23-13-21-46(37-48)49-34-35-61-54-25-11-10-24-50(49)54/h1-38H. The Balaban J connectivity index is 0.905. The van der Waals surface area contributed by atoms with E-state index in [1.807, 2.05) is 60.8 Å². The first kappa shape index (κ1) is 38.7. The van der Waals surface area contributed by atoms with E-state index in [0.717, 1.165) is 105 Å². The van der Waals surface area contributed by atoms with Gasteiger partial charge in [0.15, 0.2) is 17.5 Å². The van der Waals surface area contributed by atoms with Crippen molar-refractivity contribution in [2.24, 2.45) is 0 Å². The first-order valence-electron chi connectivity index (χ1n) is 22.0. The van der Waals surface area contributed by atoms with Gasteiger partial charge in [-0.25, -0.2) is 24.9 Å². The minimum absolute atomic E-state index is 0.601. The van der Waals surface area contributed by atoms with Crippen LogP contribution in [0.1, 0.15) is 0 Å². The zero-order valence-electron chi connectivity index (χ0n) is 35.6. The Bertz CT molecular complexity index is 3740. The molecular formula is C60H38N6. The maximum absolute atomic E-state index is 5.31. The normalized spacial score (nSPS) is 11.3. The molecule has 12 rings (SSSR count). The first-order chi connectivity index (χ1) is 32.7. The van der Waals surface area contributed by atoms with E-state index in [4.69, 9.17) is 24.9 Å². The lowest BCUT2D eigenvalue weighted by Gasteiger charge is -2.13. The van der Waals surface area contributed by atoms with E-state index >= 15 is 0 Å². The minimum Gasteiger partial charge on any atom is -0.256 e. The van der Waals surface area contributed by atoms with Crippen LogP contribution < -0.4 is 0 Å². The molecule has 0 spiro atoms. The summed E-state index contributed by atoms with van der Waals surface area (Å²) in [6.07, 6.45) is 1.86. The van der Waals surface area contributed by atoms with Gasteiger partial charge in [0.25, 0.3) is 0 Å². The van der Waals surface area contributed by atoms with Crippen molar-refractivity contribution in [3.05, 3.63) is 231 Å². The third-order valence-electron chi connectivity index (χ3n) is 12.2. The van der Waals surface area contributed by atoms with Gasteiger partial charge in [-0.05, 0) is 69.8 Å². The summed E-state index contributed by atoms with van der Waals surface area (Å²) in [7, 11) is 0. The third-order valence-corrected chi connectivity index (χ3v) is 12.2. The van der Waals surface area contributed by atoms with Crippen molar-refractivity contribution in [3.63, 3.8) is 0 Å². The van der Waals surface area contributed by atoms with E-state index < -0.39 is 0 Å². The lowest BCUT2D eigenvalue weighted by Crippen LogP contribution is -2.00. The molecule has 0 bridgehead atoms. The summed E-state index contributed by atoms with van der Waals surface area (Å²) >= 11 is 0. The first-order valence-corrected chi connectivity index (χ1v) is 22.0. The van der Waals surface area contributed by atoms with Gasteiger partial charge in [-0.2, -0.15) is 0 Å². The van der Waals surface area contributed by atoms with Gasteiger partial charge in [0.05, 0.1) is 27.9 Å². The molecule has 0 aliphatic rings. The van der Waals surface area contributed by atoms with E-state index in [9.17, 15) is 0 Å². The van der Waals surface area contributed by atoms with Gasteiger partial charge in [0.1, 0.15) is 0 Å². The zero-order valence-corrected chi connectivity index (χ0v) is 35.6. The second-order valence-corrected chi connectivity index (χ2v) is 16.3. The molecule has 4 heterocycles. The van der Waals surface area contributed by atoms with Crippen LogP contribution in [0.5, 0.6) is 0 Å². The highest BCUT2D eigenvalue weighted by molar-refractivity contribution is 6.09. The van der Waals surface area contributed by atoms with E-state index in [-0.39, 0.29) is 0 Å². The van der Waals surface area contributed by atoms with E-state index in [2.05, 4.69) is 175 Å². The molecule has 0 radical (unpaired) electrons. The average Bonchev–Trinajstić information content (AvgIpc) is 3.41. The summed E-state index contributed by atoms with van der Waals surface area (Å²) in [5.41, 5.74) is 15.9. The maximum Gasteiger partial charge on any atom is 0.164 e. The molecule has 0 amide bonds. The van der Waals surface area contributed by atoms with Gasteiger partial charge in [-0.1, -0.05) is 188 Å². The van der Waals surface area contributed by atoms with Crippen LogP contribution in [-0.4, -0.2) is 29.9 Å². The highest BCUT2D eigenvalue weighted by atomic mass is 15.0. The van der Waals surface area contributed by atoms with Gasteiger partial charge in [0, 0.05) is 50.2 Å². The highest BCUT2D eigenvalue weighted by Crippen LogP contribution is 2.37. The number of aromatic nitrogens is 6. The molecule has 0 aliphatic carbocycles. The molecule has 0 saturated heterocycles. The van der Waals surface area contributed by atoms with E-state index in [1.54, 1.807) is 0 Å². The molecule has 12 aromatic rings. The number of pyridine rings is 3. The average molecular weight is 843 g/mol. The predicted molar refractivity (Wildman–Crippen MR) is 269 cm³/mol. The number of para-hydroxylation sites is 1. The topological polar surface area (TPSA) is 77.3 Å². The quantitative estimate of drug-likeness (QED) is 0.142. The molecule has 4 aromatic heterocycles. The second-order valence-electron chi connectivity index (χ2n) is 16.3. The number of rotatable bonds is 8. The van der Waals surface area contributed by atoms with Crippen LogP contribution in [0, 0.1) is 0 Å². The van der Waals surface area contributed by atoms with Crippen molar-refractivity contribution < 1.29 is 0 Å². The van der Waals surface area contributed by atoms with Gasteiger partial charge < -0.3 is 0 Å². The van der Waals surface area contributed by atoms with Crippen LogP contribution >= 0.6 is 0 Å². The molecule has 66 heavy (non-hydrogen) atoms. The molecule has 0 N–H and O–H groups in total. The lowest BCUT2D eigenvalue weighted by atomic mass is 9.96. The summed E-state index contributed by atoms with van der Waals surface area (Å²) in [6.45, 7) is 0. The lowest BCUT2D eigenvalue weighted by molar-refractivity contribution is 1.07. The molecule has 308 valence electrons. The number of fused-ring (bicyclic) bond motifs is 4. The highest BCUT2D eigenvalue weighted by Gasteiger charge is 2.17. The Morgan fingerprint density at radius 3 is 1.52 bits per heavy atom. The zero-order chi connectivity index (χ0) is 43.8. The van der Waals surface area contributed by atoms with Crippen molar-refractivity contribution in [1.82, 2.24) is 29.9 Å². The van der Waals surface area contributed by atoms with Crippen molar-refractivity contribution in [1.29, 1.82) is 0 Å². The molecular weight excluding hydrogens is 805 g/mol. The number of benzene rings is 8. The molecule has 6 heteroatoms. The maximum atomic E-state index is 5.31. The predicted octanol–water partition coefficient (Wildman–Crippen LogP) is 14.9. The molecule has 0 fully saturated rings. The number of hydrogen-bond acceptors (Lipinski definition) is 6. The number of nitrogens with zero attached hydrogens (tertiary/aromatic N) is 6. The van der Waals surface area contributed by atoms with Crippen molar-refractivity contribution >= 4 is 32.7 Å². The van der Waals surface area contributed by atoms with Gasteiger partial charge >= 0.3 is 0 Å². The fourth-order valence-electron chi connectivity index (χ4n) is 8.84. The van der Waals surface area contributed by atoms with Crippen molar-refractivity contribution in [2.45, 2.75) is 0 Å². The molecule has 0 atom stereocenters. The van der Waals surface area contributed by atoms with Crippen LogP contribution in [0.25, 0.3) is 123 Å². The van der Waals surface area contributed by atoms with Crippen LogP contribution in [0.2, 0.25) is 0 Å².